The minimum Gasteiger partial charge on any atom is -0.336 e. The van der Waals surface area contributed by atoms with Crippen molar-refractivity contribution >= 4 is 18.3 Å². The van der Waals surface area contributed by atoms with Crippen LogP contribution in [0.5, 0.6) is 0 Å². The van der Waals surface area contributed by atoms with Gasteiger partial charge in [0.1, 0.15) is 11.6 Å². The Morgan fingerprint density at radius 1 is 1.09 bits per heavy atom. The van der Waals surface area contributed by atoms with E-state index in [-0.39, 0.29) is 23.9 Å². The lowest BCUT2D eigenvalue weighted by molar-refractivity contribution is 0.0583. The van der Waals surface area contributed by atoms with Crippen molar-refractivity contribution in [2.75, 3.05) is 39.3 Å². The van der Waals surface area contributed by atoms with E-state index in [1.165, 1.54) is 0 Å². The van der Waals surface area contributed by atoms with Crippen LogP contribution in [0, 0.1) is 11.6 Å². The SMILES string of the molecule is Cl.O=C(c1cc(F)cc(F)c1)N1CCN(C2CCNC2)CC1. The third kappa shape index (κ3) is 3.74. The van der Waals surface area contributed by atoms with Crippen molar-refractivity contribution in [3.8, 4) is 0 Å². The molecule has 1 aromatic carbocycles. The number of carbonyl (C=O) groups is 1. The maximum Gasteiger partial charge on any atom is 0.254 e. The highest BCUT2D eigenvalue weighted by molar-refractivity contribution is 5.94. The molecule has 0 saturated carbocycles. The van der Waals surface area contributed by atoms with Crippen molar-refractivity contribution in [2.24, 2.45) is 0 Å². The fourth-order valence-electron chi connectivity index (χ4n) is 3.10. The second-order valence-corrected chi connectivity index (χ2v) is 5.63. The van der Waals surface area contributed by atoms with Gasteiger partial charge in [-0.1, -0.05) is 0 Å². The van der Waals surface area contributed by atoms with Crippen molar-refractivity contribution in [3.05, 3.63) is 35.4 Å². The first kappa shape index (κ1) is 17.1. The number of halogens is 3. The van der Waals surface area contributed by atoms with Gasteiger partial charge in [0, 0.05) is 50.4 Å². The molecule has 0 bridgehead atoms. The molecule has 122 valence electrons. The third-order valence-electron chi connectivity index (χ3n) is 4.26. The molecule has 2 aliphatic heterocycles. The van der Waals surface area contributed by atoms with Gasteiger partial charge in [-0.25, -0.2) is 8.78 Å². The van der Waals surface area contributed by atoms with Gasteiger partial charge in [0.25, 0.3) is 5.91 Å². The van der Waals surface area contributed by atoms with Crippen LogP contribution in [0.3, 0.4) is 0 Å². The molecule has 1 unspecified atom stereocenters. The first-order chi connectivity index (χ1) is 10.1. The standard InChI is InChI=1S/C15H19F2N3O.ClH/c16-12-7-11(8-13(17)9-12)15(21)20-5-3-19(4-6-20)14-1-2-18-10-14;/h7-9,14,18H,1-6,10H2;1H. The van der Waals surface area contributed by atoms with Crippen LogP contribution < -0.4 is 5.32 Å². The van der Waals surface area contributed by atoms with E-state index in [0.29, 0.717) is 19.1 Å². The molecule has 2 aliphatic rings. The highest BCUT2D eigenvalue weighted by Crippen LogP contribution is 2.15. The van der Waals surface area contributed by atoms with Gasteiger partial charge in [-0.3, -0.25) is 9.69 Å². The first-order valence-electron chi connectivity index (χ1n) is 7.33. The van der Waals surface area contributed by atoms with Crippen LogP contribution in [-0.2, 0) is 0 Å². The summed E-state index contributed by atoms with van der Waals surface area (Å²) in [5, 5.41) is 3.34. The number of rotatable bonds is 2. The molecule has 4 nitrogen and oxygen atoms in total. The molecule has 2 fully saturated rings. The highest BCUT2D eigenvalue weighted by Gasteiger charge is 2.28. The smallest absolute Gasteiger partial charge is 0.254 e. The summed E-state index contributed by atoms with van der Waals surface area (Å²) >= 11 is 0. The van der Waals surface area contributed by atoms with E-state index < -0.39 is 11.6 Å². The Hall–Kier alpha value is -1.24. The summed E-state index contributed by atoms with van der Waals surface area (Å²) < 4.78 is 26.4. The number of nitrogens with one attached hydrogen (secondary N) is 1. The van der Waals surface area contributed by atoms with E-state index in [1.54, 1.807) is 4.90 Å². The largest absolute Gasteiger partial charge is 0.336 e. The lowest BCUT2D eigenvalue weighted by Gasteiger charge is -2.37. The molecule has 0 spiro atoms. The van der Waals surface area contributed by atoms with Gasteiger partial charge in [-0.2, -0.15) is 0 Å². The molecule has 1 N–H and O–H groups in total. The zero-order valence-corrected chi connectivity index (χ0v) is 13.0. The molecule has 0 aliphatic carbocycles. The van der Waals surface area contributed by atoms with E-state index in [9.17, 15) is 13.6 Å². The molecule has 2 saturated heterocycles. The zero-order chi connectivity index (χ0) is 14.8. The molecule has 0 aromatic heterocycles. The molecular formula is C15H20ClF2N3O. The van der Waals surface area contributed by atoms with Crippen LogP contribution >= 0.6 is 12.4 Å². The summed E-state index contributed by atoms with van der Waals surface area (Å²) in [5.74, 6) is -1.72. The monoisotopic (exact) mass is 331 g/mol. The first-order valence-corrected chi connectivity index (χ1v) is 7.33. The Bertz CT molecular complexity index is 509. The minimum absolute atomic E-state index is 0. The van der Waals surface area contributed by atoms with Crippen molar-refractivity contribution in [1.82, 2.24) is 15.1 Å². The Balaban J connectivity index is 0.00000176. The van der Waals surface area contributed by atoms with Crippen molar-refractivity contribution in [2.45, 2.75) is 12.5 Å². The van der Waals surface area contributed by atoms with Crippen molar-refractivity contribution in [1.29, 1.82) is 0 Å². The Kier molecular flexibility index (Phi) is 5.72. The minimum atomic E-state index is -0.714. The second-order valence-electron chi connectivity index (χ2n) is 5.63. The van der Waals surface area contributed by atoms with Crippen molar-refractivity contribution in [3.63, 3.8) is 0 Å². The van der Waals surface area contributed by atoms with Gasteiger partial charge in [-0.15, -0.1) is 12.4 Å². The normalized spacial score (nSPS) is 22.5. The number of benzene rings is 1. The Labute approximate surface area is 134 Å². The fourth-order valence-corrected chi connectivity index (χ4v) is 3.10. The third-order valence-corrected chi connectivity index (χ3v) is 4.26. The number of hydrogen-bond donors (Lipinski definition) is 1. The Morgan fingerprint density at radius 3 is 2.27 bits per heavy atom. The van der Waals surface area contributed by atoms with E-state index >= 15 is 0 Å². The molecule has 22 heavy (non-hydrogen) atoms. The summed E-state index contributed by atoms with van der Waals surface area (Å²) in [4.78, 5) is 16.4. The van der Waals surface area contributed by atoms with Gasteiger partial charge >= 0.3 is 0 Å². The fraction of sp³-hybridized carbons (Fsp3) is 0.533. The van der Waals surface area contributed by atoms with E-state index in [0.717, 1.165) is 50.8 Å². The molecular weight excluding hydrogens is 312 g/mol. The quantitative estimate of drug-likeness (QED) is 0.892. The summed E-state index contributed by atoms with van der Waals surface area (Å²) in [7, 11) is 0. The van der Waals surface area contributed by atoms with E-state index in [2.05, 4.69) is 10.2 Å². The van der Waals surface area contributed by atoms with Gasteiger partial charge in [-0.05, 0) is 25.1 Å². The maximum atomic E-state index is 13.2. The van der Waals surface area contributed by atoms with Crippen LogP contribution in [0.1, 0.15) is 16.8 Å². The molecule has 1 atom stereocenters. The molecule has 0 radical (unpaired) electrons. The maximum absolute atomic E-state index is 13.2. The molecule has 2 heterocycles. The summed E-state index contributed by atoms with van der Waals surface area (Å²) in [5.41, 5.74) is 0.0866. The number of nitrogens with zero attached hydrogens (tertiary/aromatic N) is 2. The Morgan fingerprint density at radius 2 is 1.73 bits per heavy atom. The molecule has 7 heteroatoms. The summed E-state index contributed by atoms with van der Waals surface area (Å²) in [6, 6.07) is 3.52. The van der Waals surface area contributed by atoms with Crippen LogP contribution in [0.25, 0.3) is 0 Å². The van der Waals surface area contributed by atoms with Gasteiger partial charge < -0.3 is 10.2 Å². The molecule has 1 amide bonds. The average Bonchev–Trinajstić information content (AvgIpc) is 3.00. The van der Waals surface area contributed by atoms with E-state index in [4.69, 9.17) is 0 Å². The lowest BCUT2D eigenvalue weighted by Crippen LogP contribution is -2.52. The van der Waals surface area contributed by atoms with Crippen LogP contribution in [0.4, 0.5) is 8.78 Å². The molecule has 3 rings (SSSR count). The number of hydrogen-bond acceptors (Lipinski definition) is 3. The van der Waals surface area contributed by atoms with E-state index in [1.807, 2.05) is 0 Å². The number of piperazine rings is 1. The molecule has 1 aromatic rings. The van der Waals surface area contributed by atoms with Crippen molar-refractivity contribution < 1.29 is 13.6 Å². The highest BCUT2D eigenvalue weighted by atomic mass is 35.5. The topological polar surface area (TPSA) is 35.6 Å². The summed E-state index contributed by atoms with van der Waals surface area (Å²) in [6.07, 6.45) is 1.14. The van der Waals surface area contributed by atoms with Crippen LogP contribution in [-0.4, -0.2) is 61.0 Å². The van der Waals surface area contributed by atoms with Crippen LogP contribution in [0.15, 0.2) is 18.2 Å². The second kappa shape index (κ2) is 7.35. The number of amides is 1. The summed E-state index contributed by atoms with van der Waals surface area (Å²) in [6.45, 7) is 4.89. The lowest BCUT2D eigenvalue weighted by atomic mass is 10.1. The predicted molar refractivity (Wildman–Crippen MR) is 82.4 cm³/mol. The van der Waals surface area contributed by atoms with Gasteiger partial charge in [0.05, 0.1) is 0 Å². The zero-order valence-electron chi connectivity index (χ0n) is 12.2. The van der Waals surface area contributed by atoms with Gasteiger partial charge in [0.2, 0.25) is 0 Å². The van der Waals surface area contributed by atoms with Crippen LogP contribution in [0.2, 0.25) is 0 Å². The van der Waals surface area contributed by atoms with Gasteiger partial charge in [0.15, 0.2) is 0 Å². The average molecular weight is 332 g/mol. The predicted octanol–water partition coefficient (Wildman–Crippen LogP) is 1.51. The number of carbonyl (C=O) groups excluding carboxylic acids is 1.